The summed E-state index contributed by atoms with van der Waals surface area (Å²) in [6.07, 6.45) is 5.63. The van der Waals surface area contributed by atoms with E-state index in [2.05, 4.69) is 51.4 Å². The highest BCUT2D eigenvalue weighted by molar-refractivity contribution is 6.03. The molecule has 0 bridgehead atoms. The van der Waals surface area contributed by atoms with E-state index in [1.165, 1.54) is 6.42 Å². The lowest BCUT2D eigenvalue weighted by molar-refractivity contribution is 0.200. The van der Waals surface area contributed by atoms with Crippen LogP contribution in [0.4, 0.5) is 0 Å². The standard InChI is InChI=1S/C20H25N5O/c1-13-5-8-25(11-13)18-10-17(21-12-22-18)19-15-9-14(26-20(2)6-7-20)3-4-16(15)23-24-19/h3-4,9-10,13,21H,5-8,11-12H2,1-2H3,(H,23,24). The fraction of sp³-hybridized carbons (Fsp3) is 0.500. The number of H-pyrrole nitrogens is 1. The second-order valence-corrected chi connectivity index (χ2v) is 8.08. The maximum absolute atomic E-state index is 6.13. The maximum atomic E-state index is 6.13. The second kappa shape index (κ2) is 5.76. The van der Waals surface area contributed by atoms with E-state index < -0.39 is 0 Å². The number of fused-ring (bicyclic) bond motifs is 1. The number of likely N-dealkylation sites (tertiary alicyclic amines) is 1. The predicted octanol–water partition coefficient (Wildman–Crippen LogP) is 3.14. The van der Waals surface area contributed by atoms with Gasteiger partial charge in [0.1, 0.15) is 29.5 Å². The van der Waals surface area contributed by atoms with Crippen LogP contribution in [-0.2, 0) is 0 Å². The van der Waals surface area contributed by atoms with Crippen molar-refractivity contribution in [1.29, 1.82) is 0 Å². The Morgan fingerprint density at radius 3 is 2.96 bits per heavy atom. The van der Waals surface area contributed by atoms with E-state index in [9.17, 15) is 0 Å². The molecule has 2 aromatic rings. The first-order valence-corrected chi connectivity index (χ1v) is 9.52. The molecule has 2 fully saturated rings. The molecule has 1 saturated heterocycles. The SMILES string of the molecule is CC1CCN(C2=NCNC(c3n[nH]c4ccc(OC5(C)CC5)cc34)=C2)C1. The molecule has 0 spiro atoms. The van der Waals surface area contributed by atoms with Crippen LogP contribution in [0.1, 0.15) is 38.8 Å². The van der Waals surface area contributed by atoms with Gasteiger partial charge >= 0.3 is 0 Å². The number of rotatable bonds is 3. The number of nitrogens with one attached hydrogen (secondary N) is 2. The molecule has 2 aliphatic heterocycles. The zero-order valence-corrected chi connectivity index (χ0v) is 15.4. The van der Waals surface area contributed by atoms with Crippen molar-refractivity contribution in [2.75, 3.05) is 19.8 Å². The van der Waals surface area contributed by atoms with Gasteiger partial charge in [0, 0.05) is 24.6 Å². The summed E-state index contributed by atoms with van der Waals surface area (Å²) in [6.45, 7) is 7.23. The number of hydrogen-bond donors (Lipinski definition) is 2. The summed E-state index contributed by atoms with van der Waals surface area (Å²) in [5.41, 5.74) is 3.00. The monoisotopic (exact) mass is 351 g/mol. The summed E-state index contributed by atoms with van der Waals surface area (Å²) in [5.74, 6) is 2.72. The maximum Gasteiger partial charge on any atom is 0.127 e. The molecule has 2 N–H and O–H groups in total. The van der Waals surface area contributed by atoms with Gasteiger partial charge in [-0.25, -0.2) is 4.99 Å². The van der Waals surface area contributed by atoms with Crippen molar-refractivity contribution in [2.24, 2.45) is 10.9 Å². The minimum absolute atomic E-state index is 0.0200. The molecular weight excluding hydrogens is 326 g/mol. The van der Waals surface area contributed by atoms with E-state index in [4.69, 9.17) is 4.74 Å². The molecule has 0 radical (unpaired) electrons. The number of hydrogen-bond acceptors (Lipinski definition) is 5. The van der Waals surface area contributed by atoms with E-state index in [0.717, 1.165) is 65.7 Å². The summed E-state index contributed by atoms with van der Waals surface area (Å²) >= 11 is 0. The highest BCUT2D eigenvalue weighted by Gasteiger charge is 2.40. The normalized spacial score (nSPS) is 24.2. The molecule has 3 aliphatic rings. The van der Waals surface area contributed by atoms with Crippen molar-refractivity contribution in [3.8, 4) is 5.75 Å². The Hall–Kier alpha value is -2.50. The van der Waals surface area contributed by atoms with Crippen LogP contribution in [0.15, 0.2) is 29.3 Å². The Labute approximate surface area is 153 Å². The van der Waals surface area contributed by atoms with Crippen molar-refractivity contribution in [3.05, 3.63) is 30.0 Å². The van der Waals surface area contributed by atoms with E-state index in [-0.39, 0.29) is 5.60 Å². The molecule has 6 heteroatoms. The third-order valence-corrected chi connectivity index (χ3v) is 5.64. The van der Waals surface area contributed by atoms with E-state index >= 15 is 0 Å². The largest absolute Gasteiger partial charge is 0.488 e. The average molecular weight is 351 g/mol. The number of benzene rings is 1. The molecule has 6 nitrogen and oxygen atoms in total. The van der Waals surface area contributed by atoms with Crippen LogP contribution in [-0.4, -0.2) is 46.3 Å². The third-order valence-electron chi connectivity index (χ3n) is 5.64. The summed E-state index contributed by atoms with van der Waals surface area (Å²) in [7, 11) is 0. The van der Waals surface area contributed by atoms with E-state index in [1.54, 1.807) is 0 Å². The lowest BCUT2D eigenvalue weighted by Gasteiger charge is -2.22. The third kappa shape index (κ3) is 2.83. The zero-order valence-electron chi connectivity index (χ0n) is 15.4. The molecule has 5 rings (SSSR count). The van der Waals surface area contributed by atoms with Crippen LogP contribution >= 0.6 is 0 Å². The topological polar surface area (TPSA) is 65.5 Å². The van der Waals surface area contributed by atoms with Gasteiger partial charge in [0.15, 0.2) is 0 Å². The first kappa shape index (κ1) is 15.7. The number of aromatic amines is 1. The van der Waals surface area contributed by atoms with Gasteiger partial charge in [0.2, 0.25) is 0 Å². The van der Waals surface area contributed by atoms with Gasteiger partial charge in [0.25, 0.3) is 0 Å². The van der Waals surface area contributed by atoms with Crippen LogP contribution in [0.2, 0.25) is 0 Å². The van der Waals surface area contributed by atoms with Crippen molar-refractivity contribution in [2.45, 2.75) is 38.7 Å². The summed E-state index contributed by atoms with van der Waals surface area (Å²) in [5, 5.41) is 12.2. The van der Waals surface area contributed by atoms with E-state index in [1.807, 2.05) is 12.1 Å². The van der Waals surface area contributed by atoms with Gasteiger partial charge in [-0.1, -0.05) is 6.92 Å². The van der Waals surface area contributed by atoms with Gasteiger partial charge < -0.3 is 15.0 Å². The molecule has 1 aliphatic carbocycles. The van der Waals surface area contributed by atoms with E-state index in [0.29, 0.717) is 6.67 Å². The fourth-order valence-electron chi connectivity index (χ4n) is 3.74. The Kier molecular flexibility index (Phi) is 3.48. The Morgan fingerprint density at radius 1 is 1.31 bits per heavy atom. The molecule has 1 unspecified atom stereocenters. The van der Waals surface area contributed by atoms with Crippen LogP contribution in [0.25, 0.3) is 16.6 Å². The highest BCUT2D eigenvalue weighted by atomic mass is 16.5. The molecule has 0 amide bonds. The highest BCUT2D eigenvalue weighted by Crippen LogP contribution is 2.40. The second-order valence-electron chi connectivity index (χ2n) is 8.08. The van der Waals surface area contributed by atoms with Gasteiger partial charge in [-0.2, -0.15) is 5.10 Å². The van der Waals surface area contributed by atoms with Gasteiger partial charge in [-0.05, 0) is 50.3 Å². The van der Waals surface area contributed by atoms with Crippen molar-refractivity contribution >= 4 is 22.4 Å². The lowest BCUT2D eigenvalue weighted by atomic mass is 10.1. The van der Waals surface area contributed by atoms with Gasteiger partial charge in [0.05, 0.1) is 11.2 Å². The van der Waals surface area contributed by atoms with Gasteiger partial charge in [-0.3, -0.25) is 5.10 Å². The van der Waals surface area contributed by atoms with Crippen LogP contribution < -0.4 is 10.1 Å². The quantitative estimate of drug-likeness (QED) is 0.892. The average Bonchev–Trinajstić information content (AvgIpc) is 3.05. The van der Waals surface area contributed by atoms with Crippen molar-refractivity contribution in [3.63, 3.8) is 0 Å². The first-order valence-electron chi connectivity index (χ1n) is 9.52. The van der Waals surface area contributed by atoms with Crippen molar-refractivity contribution < 1.29 is 4.74 Å². The minimum atomic E-state index is 0.0200. The Balaban J connectivity index is 1.47. The first-order chi connectivity index (χ1) is 12.6. The summed E-state index contributed by atoms with van der Waals surface area (Å²) in [6, 6.07) is 6.17. The molecule has 1 atom stereocenters. The molecule has 26 heavy (non-hydrogen) atoms. The molecule has 1 saturated carbocycles. The number of ether oxygens (including phenoxy) is 1. The minimum Gasteiger partial charge on any atom is -0.488 e. The predicted molar refractivity (Wildman–Crippen MR) is 103 cm³/mol. The number of amidine groups is 1. The molecule has 136 valence electrons. The fourth-order valence-corrected chi connectivity index (χ4v) is 3.74. The number of aromatic nitrogens is 2. The van der Waals surface area contributed by atoms with Gasteiger partial charge in [-0.15, -0.1) is 0 Å². The molecule has 1 aromatic carbocycles. The number of nitrogens with zero attached hydrogens (tertiary/aromatic N) is 3. The van der Waals surface area contributed by atoms with Crippen molar-refractivity contribution in [1.82, 2.24) is 20.4 Å². The Morgan fingerprint density at radius 2 is 2.19 bits per heavy atom. The lowest BCUT2D eigenvalue weighted by Crippen LogP contribution is -2.32. The van der Waals surface area contributed by atoms with Crippen LogP contribution in [0.5, 0.6) is 5.75 Å². The zero-order chi connectivity index (χ0) is 17.7. The van der Waals surface area contributed by atoms with Crippen LogP contribution in [0, 0.1) is 5.92 Å². The summed E-state index contributed by atoms with van der Waals surface area (Å²) in [4.78, 5) is 7.03. The smallest absolute Gasteiger partial charge is 0.127 e. The molecule has 3 heterocycles. The van der Waals surface area contributed by atoms with Crippen LogP contribution in [0.3, 0.4) is 0 Å². The Bertz CT molecular complexity index is 908. The molecular formula is C20H25N5O. The molecule has 1 aromatic heterocycles. The number of aliphatic imine (C=N–C) groups is 1. The summed E-state index contributed by atoms with van der Waals surface area (Å²) < 4.78 is 6.13.